The van der Waals surface area contributed by atoms with Gasteiger partial charge in [-0.15, -0.1) is 0 Å². The largest absolute Gasteiger partial charge is 0.391 e. The van der Waals surface area contributed by atoms with E-state index in [1.807, 2.05) is 6.92 Å². The number of nitrogens with zero attached hydrogens (tertiary/aromatic N) is 2. The first-order valence-electron chi connectivity index (χ1n) is 7.86. The lowest BCUT2D eigenvalue weighted by atomic mass is 9.98. The van der Waals surface area contributed by atoms with Gasteiger partial charge < -0.3 is 5.11 Å². The highest BCUT2D eigenvalue weighted by molar-refractivity contribution is 7.86. The van der Waals surface area contributed by atoms with Crippen LogP contribution in [0.15, 0.2) is 0 Å². The average molecular weight is 306 g/mol. The highest BCUT2D eigenvalue weighted by Crippen LogP contribution is 2.22. The van der Waals surface area contributed by atoms with E-state index in [0.29, 0.717) is 19.6 Å². The third-order valence-corrected chi connectivity index (χ3v) is 6.06. The Labute approximate surface area is 124 Å². The number of aliphatic hydroxyl groups is 1. The molecule has 0 amide bonds. The van der Waals surface area contributed by atoms with Gasteiger partial charge in [0.25, 0.3) is 10.2 Å². The lowest BCUT2D eigenvalue weighted by Gasteiger charge is -2.36. The minimum atomic E-state index is -3.42. The van der Waals surface area contributed by atoms with Gasteiger partial charge in [-0.05, 0) is 25.2 Å². The Bertz CT molecular complexity index is 365. The van der Waals surface area contributed by atoms with Crippen LogP contribution in [0.5, 0.6) is 0 Å². The van der Waals surface area contributed by atoms with Crippen LogP contribution in [0.4, 0.5) is 0 Å². The predicted octanol–water partition coefficient (Wildman–Crippen LogP) is 1.84. The lowest BCUT2D eigenvalue weighted by Crippen LogP contribution is -2.51. The number of rotatable bonds is 8. The third kappa shape index (κ3) is 4.69. The zero-order valence-corrected chi connectivity index (χ0v) is 13.9. The Morgan fingerprint density at radius 3 is 2.20 bits per heavy atom. The first kappa shape index (κ1) is 17.9. The molecular weight excluding hydrogens is 276 g/mol. The van der Waals surface area contributed by atoms with E-state index in [1.54, 1.807) is 4.31 Å². The van der Waals surface area contributed by atoms with Gasteiger partial charge in [-0.25, -0.2) is 0 Å². The summed E-state index contributed by atoms with van der Waals surface area (Å²) in [6.45, 7) is 8.03. The fourth-order valence-electron chi connectivity index (χ4n) is 2.40. The Kier molecular flexibility index (Phi) is 7.43. The van der Waals surface area contributed by atoms with Crippen molar-refractivity contribution in [3.8, 4) is 0 Å². The maximum absolute atomic E-state index is 12.7. The topological polar surface area (TPSA) is 60.9 Å². The fourth-order valence-corrected chi connectivity index (χ4v) is 4.13. The highest BCUT2D eigenvalue weighted by atomic mass is 32.2. The predicted molar refractivity (Wildman–Crippen MR) is 81.7 cm³/mol. The number of hydrogen-bond donors (Lipinski definition) is 1. The summed E-state index contributed by atoms with van der Waals surface area (Å²) in [5, 5.41) is 9.92. The van der Waals surface area contributed by atoms with Crippen LogP contribution < -0.4 is 0 Å². The summed E-state index contributed by atoms with van der Waals surface area (Å²) in [6, 6.07) is 0. The molecule has 0 aromatic rings. The standard InChI is InChI=1S/C14H30N2O3S/c1-4-6-9-15(10-7-5-2)20(18,19)16-11-8-13(3)14(17)12-16/h13-14,17H,4-12H2,1-3H3. The van der Waals surface area contributed by atoms with Gasteiger partial charge in [0.15, 0.2) is 0 Å². The van der Waals surface area contributed by atoms with Gasteiger partial charge in [0, 0.05) is 26.2 Å². The monoisotopic (exact) mass is 306 g/mol. The number of aliphatic hydroxyl groups excluding tert-OH is 1. The normalized spacial score (nSPS) is 25.2. The molecule has 0 saturated carbocycles. The van der Waals surface area contributed by atoms with Crippen LogP contribution in [0, 0.1) is 5.92 Å². The lowest BCUT2D eigenvalue weighted by molar-refractivity contribution is 0.0580. The van der Waals surface area contributed by atoms with Gasteiger partial charge in [0.2, 0.25) is 0 Å². The van der Waals surface area contributed by atoms with Gasteiger partial charge in [0.1, 0.15) is 0 Å². The van der Waals surface area contributed by atoms with Crippen molar-refractivity contribution in [2.75, 3.05) is 26.2 Å². The van der Waals surface area contributed by atoms with Crippen molar-refractivity contribution in [2.45, 2.75) is 59.0 Å². The molecule has 1 saturated heterocycles. The van der Waals surface area contributed by atoms with Crippen LogP contribution in [-0.2, 0) is 10.2 Å². The van der Waals surface area contributed by atoms with E-state index in [0.717, 1.165) is 32.1 Å². The minimum Gasteiger partial charge on any atom is -0.391 e. The van der Waals surface area contributed by atoms with Crippen molar-refractivity contribution < 1.29 is 13.5 Å². The van der Waals surface area contributed by atoms with Crippen molar-refractivity contribution in [1.82, 2.24) is 8.61 Å². The molecule has 0 radical (unpaired) electrons. The summed E-state index contributed by atoms with van der Waals surface area (Å²) in [4.78, 5) is 0. The summed E-state index contributed by atoms with van der Waals surface area (Å²) in [5.41, 5.74) is 0. The minimum absolute atomic E-state index is 0.182. The van der Waals surface area contributed by atoms with Crippen LogP contribution >= 0.6 is 0 Å². The van der Waals surface area contributed by atoms with E-state index >= 15 is 0 Å². The molecule has 0 bridgehead atoms. The Balaban J connectivity index is 2.75. The molecule has 20 heavy (non-hydrogen) atoms. The van der Waals surface area contributed by atoms with Crippen molar-refractivity contribution >= 4 is 10.2 Å². The van der Waals surface area contributed by atoms with Gasteiger partial charge in [-0.3, -0.25) is 0 Å². The first-order chi connectivity index (χ1) is 9.43. The molecule has 0 spiro atoms. The summed E-state index contributed by atoms with van der Waals surface area (Å²) in [6.07, 6.45) is 3.93. The molecule has 0 aliphatic carbocycles. The molecular formula is C14H30N2O3S. The second kappa shape index (κ2) is 8.32. The van der Waals surface area contributed by atoms with Crippen LogP contribution in [-0.4, -0.2) is 54.4 Å². The van der Waals surface area contributed by atoms with Gasteiger partial charge in [0.05, 0.1) is 6.10 Å². The van der Waals surface area contributed by atoms with E-state index in [2.05, 4.69) is 13.8 Å². The van der Waals surface area contributed by atoms with E-state index in [-0.39, 0.29) is 12.5 Å². The smallest absolute Gasteiger partial charge is 0.282 e. The molecule has 120 valence electrons. The van der Waals surface area contributed by atoms with Gasteiger partial charge >= 0.3 is 0 Å². The number of hydrogen-bond acceptors (Lipinski definition) is 3. The summed E-state index contributed by atoms with van der Waals surface area (Å²) in [7, 11) is -3.42. The van der Waals surface area contributed by atoms with E-state index < -0.39 is 16.3 Å². The zero-order chi connectivity index (χ0) is 15.2. The number of unbranched alkanes of at least 4 members (excludes halogenated alkanes) is 2. The SMILES string of the molecule is CCCCN(CCCC)S(=O)(=O)N1CCC(C)C(O)C1. The van der Waals surface area contributed by atoms with Gasteiger partial charge in [-0.2, -0.15) is 17.0 Å². The van der Waals surface area contributed by atoms with Crippen LogP contribution in [0.2, 0.25) is 0 Å². The Hall–Kier alpha value is -0.170. The second-order valence-electron chi connectivity index (χ2n) is 5.81. The molecule has 5 nitrogen and oxygen atoms in total. The third-order valence-electron chi connectivity index (χ3n) is 4.06. The van der Waals surface area contributed by atoms with Crippen molar-refractivity contribution in [3.05, 3.63) is 0 Å². The molecule has 2 unspecified atom stereocenters. The highest BCUT2D eigenvalue weighted by Gasteiger charge is 2.35. The van der Waals surface area contributed by atoms with E-state index in [9.17, 15) is 13.5 Å². The number of piperidine rings is 1. The zero-order valence-electron chi connectivity index (χ0n) is 13.1. The van der Waals surface area contributed by atoms with Crippen LogP contribution in [0.3, 0.4) is 0 Å². The summed E-state index contributed by atoms with van der Waals surface area (Å²) >= 11 is 0. The van der Waals surface area contributed by atoms with Crippen LogP contribution in [0.25, 0.3) is 0 Å². The van der Waals surface area contributed by atoms with Crippen LogP contribution in [0.1, 0.15) is 52.9 Å². The molecule has 1 aliphatic rings. The molecule has 6 heteroatoms. The van der Waals surface area contributed by atoms with E-state index in [1.165, 1.54) is 4.31 Å². The second-order valence-corrected chi connectivity index (χ2v) is 7.73. The quantitative estimate of drug-likeness (QED) is 0.744. The Morgan fingerprint density at radius 2 is 1.75 bits per heavy atom. The number of β-amino-alcohol motifs (C(OH)–C–C–N with tert-alkyl or cyclic N) is 1. The first-order valence-corrected chi connectivity index (χ1v) is 9.26. The molecule has 1 fully saturated rings. The summed E-state index contributed by atoms with van der Waals surface area (Å²) < 4.78 is 28.4. The van der Waals surface area contributed by atoms with Crippen molar-refractivity contribution in [2.24, 2.45) is 5.92 Å². The fraction of sp³-hybridized carbons (Fsp3) is 1.00. The molecule has 1 aliphatic heterocycles. The molecule has 0 aromatic heterocycles. The van der Waals surface area contributed by atoms with Gasteiger partial charge in [-0.1, -0.05) is 33.6 Å². The maximum Gasteiger partial charge on any atom is 0.282 e. The maximum atomic E-state index is 12.7. The molecule has 1 heterocycles. The summed E-state index contributed by atoms with van der Waals surface area (Å²) in [5.74, 6) is 0.182. The molecule has 1 N–H and O–H groups in total. The molecule has 0 aromatic carbocycles. The van der Waals surface area contributed by atoms with E-state index in [4.69, 9.17) is 0 Å². The van der Waals surface area contributed by atoms with Crippen molar-refractivity contribution in [3.63, 3.8) is 0 Å². The molecule has 2 atom stereocenters. The molecule has 1 rings (SSSR count). The van der Waals surface area contributed by atoms with Crippen molar-refractivity contribution in [1.29, 1.82) is 0 Å². The Morgan fingerprint density at radius 1 is 1.20 bits per heavy atom. The average Bonchev–Trinajstić information content (AvgIpc) is 2.41.